The number of aliphatic imine (C=N–C) groups is 1. The molecule has 1 fully saturated rings. The van der Waals surface area contributed by atoms with Crippen molar-refractivity contribution >= 4 is 12.4 Å². The minimum atomic E-state index is 0.681. The highest BCUT2D eigenvalue weighted by molar-refractivity contribution is 5.85. The molecule has 2 heteroatoms. The summed E-state index contributed by atoms with van der Waals surface area (Å²) in [6.45, 7) is 3.91. The molecule has 1 aliphatic rings. The molecule has 0 heterocycles. The maximum atomic E-state index is 4.22. The second kappa shape index (κ2) is 3.65. The smallest absolute Gasteiger partial charge is 0.152 e. The van der Waals surface area contributed by atoms with Crippen molar-refractivity contribution in [3.8, 4) is 0 Å². The van der Waals surface area contributed by atoms with Crippen LogP contribution in [0, 0.1) is 0 Å². The third kappa shape index (κ3) is 2.14. The zero-order valence-electron chi connectivity index (χ0n) is 7.51. The standard InChI is InChI=1S/C9H17N2/c1-10-8-4-6-9(7-5-8)11(2)3/h9H,2,4-7H2,1,3H3/q+1. The molecule has 1 saturated carbocycles. The molecule has 62 valence electrons. The van der Waals surface area contributed by atoms with Crippen molar-refractivity contribution in [3.63, 3.8) is 0 Å². The van der Waals surface area contributed by atoms with Crippen LogP contribution in [-0.4, -0.2) is 37.1 Å². The molecule has 0 unspecified atom stereocenters. The third-order valence-corrected chi connectivity index (χ3v) is 2.47. The molecule has 0 spiro atoms. The first-order chi connectivity index (χ1) is 5.24. The second-order valence-electron chi connectivity index (χ2n) is 3.28. The predicted octanol–water partition coefficient (Wildman–Crippen LogP) is 1.34. The molecular weight excluding hydrogens is 136 g/mol. The Morgan fingerprint density at radius 2 is 2.00 bits per heavy atom. The number of hydrogen-bond donors (Lipinski definition) is 0. The van der Waals surface area contributed by atoms with Gasteiger partial charge in [-0.05, 0) is 12.8 Å². The van der Waals surface area contributed by atoms with Gasteiger partial charge in [-0.1, -0.05) is 0 Å². The van der Waals surface area contributed by atoms with Gasteiger partial charge >= 0.3 is 0 Å². The van der Waals surface area contributed by atoms with E-state index in [1.165, 1.54) is 31.4 Å². The van der Waals surface area contributed by atoms with Gasteiger partial charge in [-0.25, -0.2) is 4.58 Å². The molecular formula is C9H17N2+. The first-order valence-corrected chi connectivity index (χ1v) is 4.22. The van der Waals surface area contributed by atoms with E-state index >= 15 is 0 Å². The lowest BCUT2D eigenvalue weighted by Gasteiger charge is -2.18. The van der Waals surface area contributed by atoms with Gasteiger partial charge in [0.25, 0.3) is 0 Å². The van der Waals surface area contributed by atoms with E-state index in [1.54, 1.807) is 0 Å². The van der Waals surface area contributed by atoms with Crippen LogP contribution in [0.1, 0.15) is 25.7 Å². The van der Waals surface area contributed by atoms with E-state index in [0.29, 0.717) is 6.04 Å². The average Bonchev–Trinajstić information content (AvgIpc) is 2.05. The van der Waals surface area contributed by atoms with Crippen LogP contribution in [0.2, 0.25) is 0 Å². The van der Waals surface area contributed by atoms with Crippen LogP contribution in [0.4, 0.5) is 0 Å². The topological polar surface area (TPSA) is 15.4 Å². The van der Waals surface area contributed by atoms with Gasteiger partial charge in [0, 0.05) is 25.6 Å². The fourth-order valence-electron chi connectivity index (χ4n) is 1.60. The summed E-state index contributed by atoms with van der Waals surface area (Å²) in [7, 11) is 3.95. The molecule has 0 N–H and O–H groups in total. The first kappa shape index (κ1) is 8.44. The van der Waals surface area contributed by atoms with E-state index < -0.39 is 0 Å². The van der Waals surface area contributed by atoms with Crippen molar-refractivity contribution in [2.75, 3.05) is 14.1 Å². The zero-order chi connectivity index (χ0) is 8.27. The first-order valence-electron chi connectivity index (χ1n) is 4.22. The lowest BCUT2D eigenvalue weighted by molar-refractivity contribution is -0.532. The minimum absolute atomic E-state index is 0.681. The van der Waals surface area contributed by atoms with E-state index in [-0.39, 0.29) is 0 Å². The van der Waals surface area contributed by atoms with Gasteiger partial charge in [0.1, 0.15) is 13.8 Å². The van der Waals surface area contributed by atoms with E-state index in [4.69, 9.17) is 0 Å². The van der Waals surface area contributed by atoms with Gasteiger partial charge in [-0.3, -0.25) is 4.99 Å². The highest BCUT2D eigenvalue weighted by atomic mass is 15.0. The Hall–Kier alpha value is -0.660. The Balaban J connectivity index is 2.42. The molecule has 2 nitrogen and oxygen atoms in total. The normalized spacial score (nSPS) is 24.9. The summed E-state index contributed by atoms with van der Waals surface area (Å²) >= 11 is 0. The van der Waals surface area contributed by atoms with Crippen molar-refractivity contribution in [2.45, 2.75) is 31.7 Å². The van der Waals surface area contributed by atoms with Crippen LogP contribution in [0.15, 0.2) is 4.99 Å². The lowest BCUT2D eigenvalue weighted by atomic mass is 9.93. The summed E-state index contributed by atoms with van der Waals surface area (Å²) in [4.78, 5) is 4.22. The minimum Gasteiger partial charge on any atom is -0.297 e. The highest BCUT2D eigenvalue weighted by Gasteiger charge is 2.21. The van der Waals surface area contributed by atoms with E-state index in [9.17, 15) is 0 Å². The summed E-state index contributed by atoms with van der Waals surface area (Å²) in [5.41, 5.74) is 1.38. The molecule has 0 aromatic heterocycles. The van der Waals surface area contributed by atoms with Crippen LogP contribution in [0.5, 0.6) is 0 Å². The summed E-state index contributed by atoms with van der Waals surface area (Å²) in [6, 6.07) is 0.681. The fraction of sp³-hybridized carbons (Fsp3) is 0.778. The molecule has 11 heavy (non-hydrogen) atoms. The lowest BCUT2D eigenvalue weighted by Crippen LogP contribution is -2.27. The SMILES string of the molecule is C=[N+](C)C1CCC(=NC)CC1. The van der Waals surface area contributed by atoms with Crippen molar-refractivity contribution in [3.05, 3.63) is 0 Å². The van der Waals surface area contributed by atoms with Crippen molar-refractivity contribution in [1.29, 1.82) is 0 Å². The fourth-order valence-corrected chi connectivity index (χ4v) is 1.60. The Kier molecular flexibility index (Phi) is 2.80. The third-order valence-electron chi connectivity index (χ3n) is 2.47. The van der Waals surface area contributed by atoms with Gasteiger partial charge in [0.05, 0.1) is 0 Å². The largest absolute Gasteiger partial charge is 0.297 e. The molecule has 1 aliphatic carbocycles. The highest BCUT2D eigenvalue weighted by Crippen LogP contribution is 2.17. The second-order valence-corrected chi connectivity index (χ2v) is 3.28. The van der Waals surface area contributed by atoms with E-state index in [2.05, 4.69) is 23.3 Å². The Morgan fingerprint density at radius 3 is 2.36 bits per heavy atom. The van der Waals surface area contributed by atoms with Gasteiger partial charge in [-0.2, -0.15) is 0 Å². The number of rotatable bonds is 1. The Bertz CT molecular complexity index is 172. The monoisotopic (exact) mass is 153 g/mol. The van der Waals surface area contributed by atoms with Crippen LogP contribution >= 0.6 is 0 Å². The van der Waals surface area contributed by atoms with Crippen LogP contribution in [0.25, 0.3) is 0 Å². The zero-order valence-corrected chi connectivity index (χ0v) is 7.51. The van der Waals surface area contributed by atoms with Crippen molar-refractivity contribution in [1.82, 2.24) is 0 Å². The van der Waals surface area contributed by atoms with Crippen molar-refractivity contribution in [2.24, 2.45) is 4.99 Å². The molecule has 0 bridgehead atoms. The molecule has 0 saturated heterocycles. The molecule has 0 aliphatic heterocycles. The number of hydrogen-bond acceptors (Lipinski definition) is 1. The maximum absolute atomic E-state index is 4.22. The van der Waals surface area contributed by atoms with Crippen LogP contribution < -0.4 is 0 Å². The van der Waals surface area contributed by atoms with Gasteiger partial charge < -0.3 is 0 Å². The van der Waals surface area contributed by atoms with E-state index in [0.717, 1.165) is 0 Å². The van der Waals surface area contributed by atoms with Gasteiger partial charge in [0.2, 0.25) is 0 Å². The molecule has 1 rings (SSSR count). The molecule has 0 aromatic rings. The molecule has 0 atom stereocenters. The molecule has 0 amide bonds. The van der Waals surface area contributed by atoms with Crippen LogP contribution in [0.3, 0.4) is 0 Å². The Morgan fingerprint density at radius 1 is 1.45 bits per heavy atom. The quantitative estimate of drug-likeness (QED) is 0.399. The number of nitrogens with zero attached hydrogens (tertiary/aromatic N) is 2. The van der Waals surface area contributed by atoms with Crippen molar-refractivity contribution < 1.29 is 4.58 Å². The van der Waals surface area contributed by atoms with Gasteiger partial charge in [0.15, 0.2) is 6.04 Å². The Labute approximate surface area is 68.7 Å². The summed E-state index contributed by atoms with van der Waals surface area (Å²) in [6.07, 6.45) is 4.79. The van der Waals surface area contributed by atoms with Crippen LogP contribution in [-0.2, 0) is 0 Å². The van der Waals surface area contributed by atoms with E-state index in [1.807, 2.05) is 7.05 Å². The average molecular weight is 153 g/mol. The summed E-state index contributed by atoms with van der Waals surface area (Å²) in [5.74, 6) is 0. The predicted molar refractivity (Wildman–Crippen MR) is 48.9 cm³/mol. The molecule has 0 radical (unpaired) electrons. The molecule has 0 aromatic carbocycles. The van der Waals surface area contributed by atoms with Gasteiger partial charge in [-0.15, -0.1) is 0 Å². The maximum Gasteiger partial charge on any atom is 0.152 e. The summed E-state index contributed by atoms with van der Waals surface area (Å²) < 4.78 is 2.08. The summed E-state index contributed by atoms with van der Waals surface area (Å²) in [5, 5.41) is 0.